The molecule has 3 atom stereocenters. The lowest BCUT2D eigenvalue weighted by atomic mass is 10.0. The maximum absolute atomic E-state index is 13.5. The van der Waals surface area contributed by atoms with Crippen molar-refractivity contribution in [1.82, 2.24) is 29.8 Å². The van der Waals surface area contributed by atoms with Gasteiger partial charge in [0, 0.05) is 24.4 Å². The van der Waals surface area contributed by atoms with E-state index in [2.05, 4.69) is 20.2 Å². The molecule has 2 unspecified atom stereocenters. The van der Waals surface area contributed by atoms with Gasteiger partial charge in [-0.3, -0.25) is 0 Å². The molecular formula is C17H17FN7OP. The number of nitrogens with one attached hydrogen (secondary N) is 1. The number of aryl methyl sites for hydroxylation is 1. The number of nitrogens with zero attached hydrogens (tertiary/aromatic N) is 6. The lowest BCUT2D eigenvalue weighted by molar-refractivity contribution is 0.365. The lowest BCUT2D eigenvalue weighted by Gasteiger charge is -2.32. The number of alkyl halides is 1. The molecule has 0 aromatic carbocycles. The molecule has 1 aliphatic heterocycles. The van der Waals surface area contributed by atoms with Crippen LogP contribution in [-0.2, 0) is 6.42 Å². The van der Waals surface area contributed by atoms with Crippen LogP contribution in [0.2, 0.25) is 0 Å². The van der Waals surface area contributed by atoms with Crippen molar-refractivity contribution in [3.05, 3.63) is 59.3 Å². The summed E-state index contributed by atoms with van der Waals surface area (Å²) in [5, 5.41) is 12.6. The molecule has 0 radical (unpaired) electrons. The van der Waals surface area contributed by atoms with Gasteiger partial charge < -0.3 is 14.3 Å². The van der Waals surface area contributed by atoms with Crippen LogP contribution in [0.4, 0.5) is 10.4 Å². The highest BCUT2D eigenvalue weighted by Crippen LogP contribution is 2.37. The Morgan fingerprint density at radius 1 is 1.37 bits per heavy atom. The molecule has 0 saturated heterocycles. The largest absolute Gasteiger partial charge is 0.404 e. The van der Waals surface area contributed by atoms with Gasteiger partial charge in [0.1, 0.15) is 6.04 Å². The van der Waals surface area contributed by atoms with E-state index in [4.69, 9.17) is 9.52 Å². The Morgan fingerprint density at radius 2 is 2.26 bits per heavy atom. The van der Waals surface area contributed by atoms with Crippen LogP contribution in [0.1, 0.15) is 40.6 Å². The Kier molecular flexibility index (Phi) is 3.72. The molecule has 5 rings (SSSR count). The van der Waals surface area contributed by atoms with Gasteiger partial charge in [0.05, 0.1) is 23.2 Å². The molecule has 5 heterocycles. The molecule has 4 aromatic rings. The van der Waals surface area contributed by atoms with E-state index in [1.54, 1.807) is 6.33 Å². The van der Waals surface area contributed by atoms with E-state index in [0.29, 0.717) is 6.54 Å². The smallest absolute Gasteiger partial charge is 0.319 e. The summed E-state index contributed by atoms with van der Waals surface area (Å²) >= 11 is 0. The monoisotopic (exact) mass is 385 g/mol. The van der Waals surface area contributed by atoms with Crippen molar-refractivity contribution in [2.45, 2.75) is 25.3 Å². The Balaban J connectivity index is 1.65. The number of fused-ring (bicyclic) bond motifs is 2. The minimum Gasteiger partial charge on any atom is -0.404 e. The molecule has 0 aliphatic carbocycles. The van der Waals surface area contributed by atoms with E-state index < -0.39 is 5.91 Å². The van der Waals surface area contributed by atoms with Crippen molar-refractivity contribution in [1.29, 1.82) is 0 Å². The number of hydrogen-bond acceptors (Lipinski definition) is 6. The number of aromatic nitrogens is 6. The fraction of sp³-hybridized carbons (Fsp3) is 0.294. The first-order valence-electron chi connectivity index (χ1n) is 8.59. The Bertz CT molecular complexity index is 1120. The number of hydrogen-bond donors (Lipinski definition) is 1. The fourth-order valence-electron chi connectivity index (χ4n) is 3.54. The second-order valence-corrected chi connectivity index (χ2v) is 7.10. The van der Waals surface area contributed by atoms with Crippen LogP contribution in [0, 0.1) is 6.92 Å². The van der Waals surface area contributed by atoms with Crippen molar-refractivity contribution in [3.63, 3.8) is 0 Å². The van der Waals surface area contributed by atoms with Gasteiger partial charge in [-0.15, -0.1) is 5.10 Å². The maximum atomic E-state index is 13.5. The van der Waals surface area contributed by atoms with Crippen LogP contribution >= 0.6 is 9.24 Å². The third-order valence-corrected chi connectivity index (χ3v) is 5.10. The van der Waals surface area contributed by atoms with Gasteiger partial charge in [-0.05, 0) is 25.1 Å². The third kappa shape index (κ3) is 2.61. The zero-order valence-corrected chi connectivity index (χ0v) is 15.7. The molecule has 0 saturated carbocycles. The highest BCUT2D eigenvalue weighted by atomic mass is 31.0. The van der Waals surface area contributed by atoms with Gasteiger partial charge in [-0.2, -0.15) is 5.10 Å². The number of rotatable bonds is 3. The number of H-pyrrole nitrogens is 1. The Morgan fingerprint density at radius 3 is 3.04 bits per heavy atom. The topological polar surface area (TPSA) is 88.1 Å². The molecular weight excluding hydrogens is 368 g/mol. The van der Waals surface area contributed by atoms with Gasteiger partial charge in [0.15, 0.2) is 5.91 Å². The number of pyridine rings is 1. The van der Waals surface area contributed by atoms with E-state index in [-0.39, 0.29) is 17.9 Å². The highest BCUT2D eigenvalue weighted by Gasteiger charge is 2.36. The van der Waals surface area contributed by atoms with Gasteiger partial charge >= 0.3 is 6.01 Å². The van der Waals surface area contributed by atoms with Crippen LogP contribution in [-0.4, -0.2) is 36.3 Å². The third-order valence-electron chi connectivity index (χ3n) is 4.81. The van der Waals surface area contributed by atoms with Crippen LogP contribution in [0.3, 0.4) is 0 Å². The van der Waals surface area contributed by atoms with E-state index in [0.717, 1.165) is 34.7 Å². The first kappa shape index (κ1) is 16.4. The van der Waals surface area contributed by atoms with Gasteiger partial charge in [-0.25, -0.2) is 13.9 Å². The normalized spacial score (nSPS) is 18.0. The minimum absolute atomic E-state index is 0.0626. The predicted molar refractivity (Wildman–Crippen MR) is 99.3 cm³/mol. The fourth-order valence-corrected chi connectivity index (χ4v) is 3.68. The Labute approximate surface area is 156 Å². The standard InChI is InChI=1S/C17H17FN7OP/c1-9-3-2-4-10-7-12(23-25(9)10)14-13-11(19-8-20-13)5-6-24(14)17-22-21-16(26-17)15(18)27/h2-4,7-8,14-15H,5-6,27H2,1H3,(H,19,20)/t14-,15?/m1/s1. The van der Waals surface area contributed by atoms with Crippen molar-refractivity contribution in [3.8, 4) is 0 Å². The van der Waals surface area contributed by atoms with Crippen molar-refractivity contribution >= 4 is 20.8 Å². The number of imidazole rings is 1. The van der Waals surface area contributed by atoms with E-state index in [1.807, 2.05) is 49.8 Å². The van der Waals surface area contributed by atoms with Crippen molar-refractivity contribution < 1.29 is 8.81 Å². The van der Waals surface area contributed by atoms with E-state index in [9.17, 15) is 4.39 Å². The van der Waals surface area contributed by atoms with Crippen LogP contribution in [0.25, 0.3) is 5.52 Å². The maximum Gasteiger partial charge on any atom is 0.319 e. The average Bonchev–Trinajstić information content (AvgIpc) is 3.39. The predicted octanol–water partition coefficient (Wildman–Crippen LogP) is 2.74. The van der Waals surface area contributed by atoms with Crippen LogP contribution in [0.15, 0.2) is 35.0 Å². The molecule has 0 spiro atoms. The molecule has 138 valence electrons. The average molecular weight is 385 g/mol. The Hall–Kier alpha value is -2.80. The summed E-state index contributed by atoms with van der Waals surface area (Å²) in [6, 6.07) is 8.01. The summed E-state index contributed by atoms with van der Waals surface area (Å²) in [6.45, 7) is 2.63. The second-order valence-electron chi connectivity index (χ2n) is 6.51. The zero-order chi connectivity index (χ0) is 18.5. The van der Waals surface area contributed by atoms with E-state index >= 15 is 0 Å². The lowest BCUT2D eigenvalue weighted by Crippen LogP contribution is -2.37. The summed E-state index contributed by atoms with van der Waals surface area (Å²) in [5.41, 5.74) is 4.77. The summed E-state index contributed by atoms with van der Waals surface area (Å²) in [5.74, 6) is -1.46. The summed E-state index contributed by atoms with van der Waals surface area (Å²) < 4.78 is 21.0. The molecule has 1 aliphatic rings. The number of halogens is 1. The van der Waals surface area contributed by atoms with Gasteiger partial charge in [-0.1, -0.05) is 20.4 Å². The molecule has 0 bridgehead atoms. The summed E-state index contributed by atoms with van der Waals surface area (Å²) in [7, 11) is 2.02. The first-order chi connectivity index (χ1) is 13.1. The quantitative estimate of drug-likeness (QED) is 0.546. The zero-order valence-electron chi connectivity index (χ0n) is 14.5. The highest BCUT2D eigenvalue weighted by molar-refractivity contribution is 7.16. The second kappa shape index (κ2) is 6.13. The SMILES string of the molecule is Cc1cccc2cc([C@@H]3c4nc[nH]c4CCN3c3nnc(C(F)P)o3)nn12. The number of aromatic amines is 1. The molecule has 27 heavy (non-hydrogen) atoms. The van der Waals surface area contributed by atoms with Crippen LogP contribution < -0.4 is 4.90 Å². The van der Waals surface area contributed by atoms with Crippen LogP contribution in [0.5, 0.6) is 0 Å². The first-order valence-corrected chi connectivity index (χ1v) is 9.25. The molecule has 1 N–H and O–H groups in total. The van der Waals surface area contributed by atoms with Gasteiger partial charge in [0.2, 0.25) is 0 Å². The molecule has 8 nitrogen and oxygen atoms in total. The molecule has 10 heteroatoms. The number of anilines is 1. The summed E-state index contributed by atoms with van der Waals surface area (Å²) in [6.07, 6.45) is 2.43. The van der Waals surface area contributed by atoms with E-state index in [1.165, 1.54) is 0 Å². The minimum atomic E-state index is -1.40. The molecule has 0 amide bonds. The molecule has 4 aromatic heterocycles. The molecule has 0 fully saturated rings. The van der Waals surface area contributed by atoms with Gasteiger partial charge in [0.25, 0.3) is 5.89 Å². The van der Waals surface area contributed by atoms with Crippen molar-refractivity contribution in [2.75, 3.05) is 11.4 Å². The summed E-state index contributed by atoms with van der Waals surface area (Å²) in [4.78, 5) is 9.64. The van der Waals surface area contributed by atoms with Crippen molar-refractivity contribution in [2.24, 2.45) is 0 Å².